The molecule has 3 fully saturated rings. The number of hydrogen-bond donors (Lipinski definition) is 1. The maximum atomic E-state index is 11.9. The molecule has 2 aromatic heterocycles. The summed E-state index contributed by atoms with van der Waals surface area (Å²) in [6.07, 6.45) is 7.37. The number of ether oxygens (including phenoxy) is 2. The predicted molar refractivity (Wildman–Crippen MR) is 120 cm³/mol. The molecule has 1 amide bonds. The molecule has 1 aliphatic carbocycles. The van der Waals surface area contributed by atoms with Gasteiger partial charge in [-0.3, -0.25) is 14.3 Å². The Morgan fingerprint density at radius 2 is 2.06 bits per heavy atom. The van der Waals surface area contributed by atoms with Gasteiger partial charge in [-0.2, -0.15) is 5.10 Å². The number of imidazole rings is 1. The van der Waals surface area contributed by atoms with E-state index in [0.717, 1.165) is 47.3 Å². The van der Waals surface area contributed by atoms with Gasteiger partial charge in [0, 0.05) is 43.1 Å². The first kappa shape index (κ1) is 20.3. The fourth-order valence-electron chi connectivity index (χ4n) is 4.96. The van der Waals surface area contributed by atoms with Gasteiger partial charge < -0.3 is 19.4 Å². The second kappa shape index (κ2) is 7.90. The number of benzene rings is 1. The third-order valence-corrected chi connectivity index (χ3v) is 6.99. The Morgan fingerprint density at radius 3 is 2.82 bits per heavy atom. The highest BCUT2D eigenvalue weighted by atomic mass is 16.5. The zero-order chi connectivity index (χ0) is 22.5. The van der Waals surface area contributed by atoms with Crippen LogP contribution in [0.15, 0.2) is 30.7 Å². The normalized spacial score (nSPS) is 24.0. The minimum Gasteiger partial charge on any atom is -0.488 e. The van der Waals surface area contributed by atoms with Crippen LogP contribution < -0.4 is 10.1 Å². The van der Waals surface area contributed by atoms with E-state index in [1.807, 2.05) is 24.0 Å². The Hall–Kier alpha value is -3.36. The van der Waals surface area contributed by atoms with Crippen LogP contribution in [-0.4, -0.2) is 50.5 Å². The number of hydrogen-bond acceptors (Lipinski definition) is 6. The van der Waals surface area contributed by atoms with Crippen molar-refractivity contribution in [1.82, 2.24) is 24.6 Å². The van der Waals surface area contributed by atoms with Gasteiger partial charge >= 0.3 is 5.97 Å². The number of cyclic esters (lactones) is 1. The van der Waals surface area contributed by atoms with Crippen molar-refractivity contribution in [3.63, 3.8) is 0 Å². The summed E-state index contributed by atoms with van der Waals surface area (Å²) in [6, 6.07) is 6.52. The van der Waals surface area contributed by atoms with E-state index in [2.05, 4.69) is 27.1 Å². The maximum absolute atomic E-state index is 11.9. The molecule has 1 saturated carbocycles. The summed E-state index contributed by atoms with van der Waals surface area (Å²) in [6.45, 7) is 3.07. The number of fused-ring (bicyclic) bond motifs is 1. The largest absolute Gasteiger partial charge is 0.488 e. The van der Waals surface area contributed by atoms with Crippen LogP contribution in [0.4, 0.5) is 0 Å². The number of aromatic nitrogens is 4. The Kier molecular flexibility index (Phi) is 4.85. The second-order valence-electron chi connectivity index (χ2n) is 9.34. The topological polar surface area (TPSA) is 100 Å². The lowest BCUT2D eigenvalue weighted by atomic mass is 10.0. The van der Waals surface area contributed by atoms with E-state index in [4.69, 9.17) is 14.5 Å². The van der Waals surface area contributed by atoms with Gasteiger partial charge in [0.2, 0.25) is 5.91 Å². The molecule has 9 heteroatoms. The Bertz CT molecular complexity index is 1230. The molecule has 6 rings (SSSR count). The highest BCUT2D eigenvalue weighted by Crippen LogP contribution is 2.42. The smallest absolute Gasteiger partial charge is 0.307 e. The number of carbonyl (C=O) groups is 2. The summed E-state index contributed by atoms with van der Waals surface area (Å²) in [5.74, 6) is 0.790. The summed E-state index contributed by atoms with van der Waals surface area (Å²) in [5.41, 5.74) is 3.74. The monoisotopic (exact) mass is 449 g/mol. The van der Waals surface area contributed by atoms with Crippen molar-refractivity contribution < 1.29 is 19.1 Å². The number of nitrogens with one attached hydrogen (secondary N) is 1. The van der Waals surface area contributed by atoms with Gasteiger partial charge in [0.1, 0.15) is 17.4 Å². The first-order valence-corrected chi connectivity index (χ1v) is 11.7. The van der Waals surface area contributed by atoms with Crippen molar-refractivity contribution in [1.29, 1.82) is 0 Å². The summed E-state index contributed by atoms with van der Waals surface area (Å²) in [7, 11) is 0. The molecule has 172 valence electrons. The minimum absolute atomic E-state index is 0.0326. The van der Waals surface area contributed by atoms with E-state index in [-0.39, 0.29) is 29.9 Å². The second-order valence-corrected chi connectivity index (χ2v) is 9.34. The average Bonchev–Trinajstić information content (AvgIpc) is 3.19. The standard InChI is InChI=1S/C24H27N5O4/c1-14(16-10-22(30)25-12-16)33-21-9-15(8-19-24(21)28(13-26-19)17-2-3-17)20-4-6-27-29(20)18-5-7-32-23(31)11-18/h4,6,8-9,13-14,16-18H,2-3,5,7,10-12H2,1H3,(H,25,30)/t14-,16?,18-/m1/s1. The zero-order valence-corrected chi connectivity index (χ0v) is 18.6. The highest BCUT2D eigenvalue weighted by Gasteiger charge is 2.31. The van der Waals surface area contributed by atoms with Gasteiger partial charge in [-0.05, 0) is 38.0 Å². The fourth-order valence-corrected chi connectivity index (χ4v) is 4.96. The van der Waals surface area contributed by atoms with Crippen LogP contribution in [0.25, 0.3) is 22.3 Å². The van der Waals surface area contributed by atoms with E-state index in [9.17, 15) is 9.59 Å². The van der Waals surface area contributed by atoms with E-state index in [1.54, 1.807) is 6.20 Å². The first-order chi connectivity index (χ1) is 16.1. The van der Waals surface area contributed by atoms with Crippen LogP contribution in [0.1, 0.15) is 51.1 Å². The molecule has 1 N–H and O–H groups in total. The summed E-state index contributed by atoms with van der Waals surface area (Å²) < 4.78 is 15.8. The molecular formula is C24H27N5O4. The molecule has 3 aliphatic rings. The van der Waals surface area contributed by atoms with E-state index < -0.39 is 0 Å². The van der Waals surface area contributed by atoms with E-state index in [1.165, 1.54) is 0 Å². The van der Waals surface area contributed by atoms with Crippen molar-refractivity contribution >= 4 is 22.9 Å². The fraction of sp³-hybridized carbons (Fsp3) is 0.500. The molecule has 0 bridgehead atoms. The molecule has 0 spiro atoms. The lowest BCUT2D eigenvalue weighted by Gasteiger charge is -2.24. The summed E-state index contributed by atoms with van der Waals surface area (Å²) in [5, 5.41) is 7.44. The number of nitrogens with zero attached hydrogens (tertiary/aromatic N) is 4. The molecule has 1 aromatic carbocycles. The number of amides is 1. The maximum Gasteiger partial charge on any atom is 0.307 e. The highest BCUT2D eigenvalue weighted by molar-refractivity contribution is 5.88. The molecule has 4 heterocycles. The van der Waals surface area contributed by atoms with Crippen LogP contribution >= 0.6 is 0 Å². The Morgan fingerprint density at radius 1 is 1.18 bits per heavy atom. The quantitative estimate of drug-likeness (QED) is 0.581. The summed E-state index contributed by atoms with van der Waals surface area (Å²) in [4.78, 5) is 28.3. The molecule has 0 radical (unpaired) electrons. The molecule has 3 atom stereocenters. The van der Waals surface area contributed by atoms with Crippen molar-refractivity contribution in [3.8, 4) is 17.0 Å². The zero-order valence-electron chi connectivity index (χ0n) is 18.6. The number of esters is 1. The summed E-state index contributed by atoms with van der Waals surface area (Å²) >= 11 is 0. The van der Waals surface area contributed by atoms with Gasteiger partial charge in [-0.1, -0.05) is 0 Å². The van der Waals surface area contributed by atoms with Crippen molar-refractivity contribution in [2.45, 2.75) is 57.2 Å². The molecule has 1 unspecified atom stereocenters. The third-order valence-electron chi connectivity index (χ3n) is 6.99. The van der Waals surface area contributed by atoms with Gasteiger partial charge in [0.05, 0.1) is 36.6 Å². The van der Waals surface area contributed by atoms with Crippen LogP contribution in [-0.2, 0) is 14.3 Å². The minimum atomic E-state index is -0.191. The molecule has 3 aromatic rings. The van der Waals surface area contributed by atoms with Crippen molar-refractivity contribution in [2.75, 3.05) is 13.2 Å². The van der Waals surface area contributed by atoms with E-state index >= 15 is 0 Å². The number of rotatable bonds is 6. The molecule has 2 saturated heterocycles. The first-order valence-electron chi connectivity index (χ1n) is 11.7. The lowest BCUT2D eigenvalue weighted by molar-refractivity contribution is -0.148. The third kappa shape index (κ3) is 3.75. The molecular weight excluding hydrogens is 422 g/mol. The van der Waals surface area contributed by atoms with Gasteiger partial charge in [0.25, 0.3) is 0 Å². The number of carbonyl (C=O) groups excluding carboxylic acids is 2. The predicted octanol–water partition coefficient (Wildman–Crippen LogP) is 3.02. The van der Waals surface area contributed by atoms with Crippen LogP contribution in [0.2, 0.25) is 0 Å². The average molecular weight is 450 g/mol. The Balaban J connectivity index is 1.40. The SMILES string of the molecule is C[C@@H](Oc1cc(-c2ccnn2[C@@H]2CCOC(=O)C2)cc2ncn(C3CC3)c12)C1CNC(=O)C1. The van der Waals surface area contributed by atoms with Gasteiger partial charge in [0.15, 0.2) is 0 Å². The molecule has 9 nitrogen and oxygen atoms in total. The lowest BCUT2D eigenvalue weighted by Crippen LogP contribution is -2.26. The van der Waals surface area contributed by atoms with Crippen molar-refractivity contribution in [3.05, 3.63) is 30.7 Å². The van der Waals surface area contributed by atoms with Gasteiger partial charge in [-0.25, -0.2) is 4.98 Å². The van der Waals surface area contributed by atoms with Gasteiger partial charge in [-0.15, -0.1) is 0 Å². The van der Waals surface area contributed by atoms with Crippen molar-refractivity contribution in [2.24, 2.45) is 5.92 Å². The van der Waals surface area contributed by atoms with Crippen LogP contribution in [0, 0.1) is 5.92 Å². The van der Waals surface area contributed by atoms with E-state index in [0.29, 0.717) is 32.0 Å². The van der Waals surface area contributed by atoms with Crippen LogP contribution in [0.3, 0.4) is 0 Å². The molecule has 2 aliphatic heterocycles. The Labute approximate surface area is 191 Å². The van der Waals surface area contributed by atoms with Crippen LogP contribution in [0.5, 0.6) is 5.75 Å². The molecule has 33 heavy (non-hydrogen) atoms.